The van der Waals surface area contributed by atoms with Crippen LogP contribution in [0.1, 0.15) is 11.1 Å². The van der Waals surface area contributed by atoms with Crippen LogP contribution in [-0.4, -0.2) is 10.1 Å². The van der Waals surface area contributed by atoms with Crippen molar-refractivity contribution in [2.75, 3.05) is 5.73 Å². The molecule has 2 heterocycles. The van der Waals surface area contributed by atoms with Crippen molar-refractivity contribution < 1.29 is 8.94 Å². The predicted molar refractivity (Wildman–Crippen MR) is 71.3 cm³/mol. The molecule has 1 aromatic carbocycles. The van der Waals surface area contributed by atoms with Gasteiger partial charge in [0.2, 0.25) is 5.82 Å². The van der Waals surface area contributed by atoms with E-state index < -0.39 is 0 Å². The fourth-order valence-electron chi connectivity index (χ4n) is 1.95. The summed E-state index contributed by atoms with van der Waals surface area (Å²) in [5.74, 6) is 0.965. The van der Waals surface area contributed by atoms with E-state index in [-0.39, 0.29) is 0 Å². The average Bonchev–Trinajstić information content (AvgIpc) is 3.03. The second-order valence-electron chi connectivity index (χ2n) is 4.45. The van der Waals surface area contributed by atoms with E-state index in [1.54, 1.807) is 18.6 Å². The Morgan fingerprint density at radius 1 is 1.21 bits per heavy atom. The van der Waals surface area contributed by atoms with Crippen molar-refractivity contribution in [2.24, 2.45) is 0 Å². The number of hydrogen-bond donors (Lipinski definition) is 1. The summed E-state index contributed by atoms with van der Waals surface area (Å²) in [6.07, 6.45) is 3.15. The zero-order valence-corrected chi connectivity index (χ0v) is 10.7. The summed E-state index contributed by atoms with van der Waals surface area (Å²) in [4.78, 5) is 4.37. The van der Waals surface area contributed by atoms with E-state index in [1.807, 2.05) is 26.0 Å². The first-order valence-electron chi connectivity index (χ1n) is 5.88. The number of nitrogens with two attached hydrogens (primary N) is 1. The summed E-state index contributed by atoms with van der Waals surface area (Å²) >= 11 is 0. The molecular weight excluding hydrogens is 242 g/mol. The lowest BCUT2D eigenvalue weighted by Gasteiger charge is -2.06. The van der Waals surface area contributed by atoms with E-state index in [0.29, 0.717) is 17.4 Å². The van der Waals surface area contributed by atoms with Crippen LogP contribution in [0.3, 0.4) is 0 Å². The van der Waals surface area contributed by atoms with Crippen molar-refractivity contribution in [1.29, 1.82) is 0 Å². The fourth-order valence-corrected chi connectivity index (χ4v) is 1.95. The van der Waals surface area contributed by atoms with Gasteiger partial charge in [0.15, 0.2) is 0 Å². The minimum absolute atomic E-state index is 0.462. The molecule has 3 rings (SSSR count). The number of furan rings is 1. The highest BCUT2D eigenvalue weighted by molar-refractivity contribution is 5.67. The maximum Gasteiger partial charge on any atom is 0.258 e. The Morgan fingerprint density at radius 3 is 2.79 bits per heavy atom. The summed E-state index contributed by atoms with van der Waals surface area (Å²) < 4.78 is 10.3. The molecule has 0 aliphatic rings. The van der Waals surface area contributed by atoms with E-state index >= 15 is 0 Å². The monoisotopic (exact) mass is 255 g/mol. The van der Waals surface area contributed by atoms with Gasteiger partial charge < -0.3 is 14.7 Å². The van der Waals surface area contributed by atoms with Crippen LogP contribution in [-0.2, 0) is 0 Å². The first-order valence-corrected chi connectivity index (χ1v) is 5.88. The van der Waals surface area contributed by atoms with E-state index in [2.05, 4.69) is 10.1 Å². The number of nitrogens with zero attached hydrogens (tertiary/aromatic N) is 2. The second kappa shape index (κ2) is 4.28. The molecule has 3 aromatic rings. The SMILES string of the molecule is Cc1cc(N)cc(-c2nc(-c3ccoc3)no2)c1C. The van der Waals surface area contributed by atoms with Crippen molar-refractivity contribution >= 4 is 5.69 Å². The molecule has 0 spiro atoms. The van der Waals surface area contributed by atoms with Crippen molar-refractivity contribution in [3.8, 4) is 22.8 Å². The molecule has 0 saturated carbocycles. The third-order valence-electron chi connectivity index (χ3n) is 3.13. The third-order valence-corrected chi connectivity index (χ3v) is 3.13. The van der Waals surface area contributed by atoms with Gasteiger partial charge in [0.1, 0.15) is 6.26 Å². The van der Waals surface area contributed by atoms with Gasteiger partial charge in [-0.15, -0.1) is 0 Å². The number of aromatic nitrogens is 2. The zero-order valence-electron chi connectivity index (χ0n) is 10.7. The summed E-state index contributed by atoms with van der Waals surface area (Å²) in [7, 11) is 0. The molecule has 5 nitrogen and oxygen atoms in total. The van der Waals surface area contributed by atoms with Crippen LogP contribution in [0.4, 0.5) is 5.69 Å². The van der Waals surface area contributed by atoms with Crippen molar-refractivity contribution in [3.05, 3.63) is 41.9 Å². The normalized spacial score (nSPS) is 10.8. The standard InChI is InChI=1S/C14H13N3O2/c1-8-5-11(15)6-12(9(8)2)14-16-13(17-19-14)10-3-4-18-7-10/h3-7H,15H2,1-2H3. The van der Waals surface area contributed by atoms with Gasteiger partial charge in [-0.3, -0.25) is 0 Å². The lowest BCUT2D eigenvalue weighted by molar-refractivity contribution is 0.432. The molecule has 5 heteroatoms. The largest absolute Gasteiger partial charge is 0.472 e. The highest BCUT2D eigenvalue weighted by atomic mass is 16.5. The fraction of sp³-hybridized carbons (Fsp3) is 0.143. The number of hydrogen-bond acceptors (Lipinski definition) is 5. The Balaban J connectivity index is 2.09. The van der Waals surface area contributed by atoms with Crippen molar-refractivity contribution in [2.45, 2.75) is 13.8 Å². The van der Waals surface area contributed by atoms with Crippen LogP contribution >= 0.6 is 0 Å². The molecule has 0 bridgehead atoms. The number of nitrogen functional groups attached to an aromatic ring is 1. The zero-order chi connectivity index (χ0) is 13.4. The topological polar surface area (TPSA) is 78.1 Å². The molecule has 0 aliphatic carbocycles. The average molecular weight is 255 g/mol. The molecule has 0 fully saturated rings. The maximum absolute atomic E-state index is 5.86. The first kappa shape index (κ1) is 11.5. The minimum atomic E-state index is 0.462. The van der Waals surface area contributed by atoms with Crippen LogP contribution in [0, 0.1) is 13.8 Å². The third kappa shape index (κ3) is 1.99. The Kier molecular flexibility index (Phi) is 2.59. The number of benzene rings is 1. The number of rotatable bonds is 2. The highest BCUT2D eigenvalue weighted by Gasteiger charge is 2.14. The van der Waals surface area contributed by atoms with Gasteiger partial charge in [0.25, 0.3) is 5.89 Å². The Morgan fingerprint density at radius 2 is 2.05 bits per heavy atom. The predicted octanol–water partition coefficient (Wildman–Crippen LogP) is 3.20. The maximum atomic E-state index is 5.86. The van der Waals surface area contributed by atoms with Gasteiger partial charge in [0.05, 0.1) is 11.8 Å². The molecule has 0 saturated heterocycles. The van der Waals surface area contributed by atoms with Crippen LogP contribution in [0.15, 0.2) is 39.7 Å². The summed E-state index contributed by atoms with van der Waals surface area (Å²) in [6, 6.07) is 5.55. The molecule has 0 amide bonds. The molecule has 0 unspecified atom stereocenters. The number of anilines is 1. The lowest BCUT2D eigenvalue weighted by Crippen LogP contribution is -1.92. The Hall–Kier alpha value is -2.56. The summed E-state index contributed by atoms with van der Waals surface area (Å²) in [5.41, 5.74) is 10.4. The smallest absolute Gasteiger partial charge is 0.258 e. The summed E-state index contributed by atoms with van der Waals surface area (Å²) in [5, 5.41) is 3.95. The molecule has 19 heavy (non-hydrogen) atoms. The van der Waals surface area contributed by atoms with Crippen molar-refractivity contribution in [1.82, 2.24) is 10.1 Å². The van der Waals surface area contributed by atoms with Crippen LogP contribution in [0.25, 0.3) is 22.8 Å². The van der Waals surface area contributed by atoms with Gasteiger partial charge in [-0.25, -0.2) is 0 Å². The number of aryl methyl sites for hydroxylation is 1. The van der Waals surface area contributed by atoms with E-state index in [0.717, 1.165) is 22.3 Å². The highest BCUT2D eigenvalue weighted by Crippen LogP contribution is 2.28. The van der Waals surface area contributed by atoms with E-state index in [1.165, 1.54) is 0 Å². The van der Waals surface area contributed by atoms with Gasteiger partial charge >= 0.3 is 0 Å². The Bertz CT molecular complexity index is 714. The lowest BCUT2D eigenvalue weighted by atomic mass is 10.0. The van der Waals surface area contributed by atoms with E-state index in [4.69, 9.17) is 14.7 Å². The van der Waals surface area contributed by atoms with Gasteiger partial charge in [-0.1, -0.05) is 5.16 Å². The molecular formula is C14H13N3O2. The molecule has 96 valence electrons. The van der Waals surface area contributed by atoms with Crippen LogP contribution in [0.2, 0.25) is 0 Å². The van der Waals surface area contributed by atoms with Gasteiger partial charge in [0, 0.05) is 11.3 Å². The molecule has 0 atom stereocenters. The van der Waals surface area contributed by atoms with Gasteiger partial charge in [-0.05, 0) is 43.2 Å². The minimum Gasteiger partial charge on any atom is -0.472 e. The van der Waals surface area contributed by atoms with Crippen LogP contribution in [0.5, 0.6) is 0 Å². The Labute approximate surface area is 110 Å². The molecule has 0 radical (unpaired) electrons. The van der Waals surface area contributed by atoms with E-state index in [9.17, 15) is 0 Å². The van der Waals surface area contributed by atoms with Crippen molar-refractivity contribution in [3.63, 3.8) is 0 Å². The van der Waals surface area contributed by atoms with Crippen LogP contribution < -0.4 is 5.73 Å². The first-order chi connectivity index (χ1) is 9.15. The van der Waals surface area contributed by atoms with Gasteiger partial charge in [-0.2, -0.15) is 4.98 Å². The molecule has 2 N–H and O–H groups in total. The quantitative estimate of drug-likeness (QED) is 0.711. The molecule has 2 aromatic heterocycles. The second-order valence-corrected chi connectivity index (χ2v) is 4.45. The molecule has 0 aliphatic heterocycles. The summed E-state index contributed by atoms with van der Waals surface area (Å²) in [6.45, 7) is 4.01.